The second-order valence-electron chi connectivity index (χ2n) is 10.6. The minimum Gasteiger partial charge on any atom is -0.423 e. The van der Waals surface area contributed by atoms with Gasteiger partial charge >= 0.3 is 5.97 Å². The van der Waals surface area contributed by atoms with Gasteiger partial charge in [0, 0.05) is 24.2 Å². The maximum atomic E-state index is 12.7. The fraction of sp³-hybridized carbons (Fsp3) is 0.323. The van der Waals surface area contributed by atoms with Gasteiger partial charge in [0.1, 0.15) is 5.75 Å². The van der Waals surface area contributed by atoms with E-state index in [0.717, 1.165) is 38.0 Å². The number of nitrogens with one attached hydrogen (secondary N) is 1. The van der Waals surface area contributed by atoms with Gasteiger partial charge in [0.15, 0.2) is 0 Å². The zero-order valence-corrected chi connectivity index (χ0v) is 23.3. The van der Waals surface area contributed by atoms with Crippen LogP contribution in [-0.2, 0) is 12.0 Å². The molecule has 0 bridgehead atoms. The first-order valence-electron chi connectivity index (χ1n) is 12.6. The Morgan fingerprint density at radius 2 is 1.62 bits per heavy atom. The van der Waals surface area contributed by atoms with Crippen LogP contribution in [0.2, 0.25) is 0 Å². The Labute approximate surface area is 232 Å². The molecule has 1 aliphatic heterocycles. The summed E-state index contributed by atoms with van der Waals surface area (Å²) in [6.45, 7) is 9.61. The Balaban J connectivity index is 0.00000190. The predicted molar refractivity (Wildman–Crippen MR) is 157 cm³/mol. The van der Waals surface area contributed by atoms with Gasteiger partial charge in [0.2, 0.25) is 0 Å². The number of halogens is 2. The zero-order valence-electron chi connectivity index (χ0n) is 21.7. The van der Waals surface area contributed by atoms with Gasteiger partial charge in [0.05, 0.1) is 11.1 Å². The molecule has 1 saturated heterocycles. The molecular formula is C31H36Cl2N2O2. The molecule has 0 radical (unpaired) electrons. The smallest absolute Gasteiger partial charge is 0.343 e. The first-order valence-corrected chi connectivity index (χ1v) is 12.6. The van der Waals surface area contributed by atoms with E-state index in [1.807, 2.05) is 30.3 Å². The molecule has 0 spiro atoms. The van der Waals surface area contributed by atoms with E-state index in [4.69, 9.17) is 4.74 Å². The van der Waals surface area contributed by atoms with E-state index in [1.54, 1.807) is 12.1 Å². The van der Waals surface area contributed by atoms with E-state index in [1.165, 1.54) is 22.1 Å². The Kier molecular flexibility index (Phi) is 9.46. The van der Waals surface area contributed by atoms with Gasteiger partial charge in [0.25, 0.3) is 0 Å². The van der Waals surface area contributed by atoms with Crippen molar-refractivity contribution < 1.29 is 9.53 Å². The lowest BCUT2D eigenvalue weighted by Crippen LogP contribution is -2.26. The number of nitrogens with zero attached hydrogens (tertiary/aromatic N) is 1. The summed E-state index contributed by atoms with van der Waals surface area (Å²) in [6.07, 6.45) is 4.61. The molecule has 0 atom stereocenters. The van der Waals surface area contributed by atoms with E-state index >= 15 is 0 Å². The number of hydrogen-bond donors (Lipinski definition) is 1. The summed E-state index contributed by atoms with van der Waals surface area (Å²) in [5, 5.41) is 4.73. The Hall–Kier alpha value is -2.79. The van der Waals surface area contributed by atoms with E-state index in [0.29, 0.717) is 17.2 Å². The van der Waals surface area contributed by atoms with Crippen LogP contribution in [0.15, 0.2) is 79.0 Å². The molecule has 1 aliphatic rings. The van der Waals surface area contributed by atoms with Crippen molar-refractivity contribution in [1.82, 2.24) is 9.88 Å². The van der Waals surface area contributed by atoms with Crippen LogP contribution in [0.3, 0.4) is 0 Å². The Morgan fingerprint density at radius 1 is 0.946 bits per heavy atom. The Bertz CT molecular complexity index is 1320. The molecule has 0 saturated carbocycles. The molecule has 0 aliphatic carbocycles. The number of piperidine rings is 1. The molecule has 1 N–H and O–H groups in total. The van der Waals surface area contributed by atoms with Crippen LogP contribution >= 0.6 is 24.8 Å². The SMILES string of the molecule is CC(C)(C)c1ccc(Cn2cc(C3CCNCC3)c3ccc(OC(=O)c4ccccc4)cc32)cc1.Cl.Cl. The summed E-state index contributed by atoms with van der Waals surface area (Å²) >= 11 is 0. The van der Waals surface area contributed by atoms with Crippen molar-refractivity contribution >= 4 is 41.7 Å². The molecule has 2 heterocycles. The highest BCUT2D eigenvalue weighted by Gasteiger charge is 2.21. The van der Waals surface area contributed by atoms with Crippen LogP contribution in [0.4, 0.5) is 0 Å². The fourth-order valence-electron chi connectivity index (χ4n) is 5.00. The number of ether oxygens (including phenoxy) is 1. The van der Waals surface area contributed by atoms with Gasteiger partial charge in [-0.2, -0.15) is 0 Å². The highest BCUT2D eigenvalue weighted by Crippen LogP contribution is 2.35. The van der Waals surface area contributed by atoms with Crippen molar-refractivity contribution in [2.24, 2.45) is 0 Å². The first-order chi connectivity index (χ1) is 16.9. The standard InChI is InChI=1S/C31H34N2O2.2ClH/c1-31(2,3)25-11-9-22(10-12-25)20-33-21-28(23-15-17-32-18-16-23)27-14-13-26(19-29(27)33)35-30(34)24-7-5-4-6-8-24;;/h4-14,19,21,23,32H,15-18,20H2,1-3H3;2*1H. The van der Waals surface area contributed by atoms with Gasteiger partial charge in [-0.25, -0.2) is 4.79 Å². The van der Waals surface area contributed by atoms with E-state index in [9.17, 15) is 4.79 Å². The summed E-state index contributed by atoms with van der Waals surface area (Å²) in [7, 11) is 0. The third-order valence-corrected chi connectivity index (χ3v) is 7.06. The second-order valence-corrected chi connectivity index (χ2v) is 10.6. The molecule has 6 heteroatoms. The van der Waals surface area contributed by atoms with Gasteiger partial charge in [-0.15, -0.1) is 24.8 Å². The van der Waals surface area contributed by atoms with Crippen LogP contribution in [0.1, 0.15) is 66.6 Å². The normalized spacial score (nSPS) is 14.0. The highest BCUT2D eigenvalue weighted by atomic mass is 35.5. The largest absolute Gasteiger partial charge is 0.423 e. The lowest BCUT2D eigenvalue weighted by Gasteiger charge is -2.22. The molecule has 4 aromatic rings. The predicted octanol–water partition coefficient (Wildman–Crippen LogP) is 7.52. The number of aromatic nitrogens is 1. The maximum Gasteiger partial charge on any atom is 0.343 e. The minimum absolute atomic E-state index is 0. The summed E-state index contributed by atoms with van der Waals surface area (Å²) in [6, 6.07) is 24.2. The number of esters is 1. The molecule has 0 unspecified atom stereocenters. The topological polar surface area (TPSA) is 43.3 Å². The van der Waals surface area contributed by atoms with Crippen molar-refractivity contribution in [2.45, 2.75) is 51.5 Å². The third-order valence-electron chi connectivity index (χ3n) is 7.06. The van der Waals surface area contributed by atoms with Crippen LogP contribution in [-0.4, -0.2) is 23.6 Å². The zero-order chi connectivity index (χ0) is 24.4. The summed E-state index contributed by atoms with van der Waals surface area (Å²) in [5.41, 5.74) is 5.80. The van der Waals surface area contributed by atoms with Crippen molar-refractivity contribution in [3.05, 3.63) is 101 Å². The number of fused-ring (bicyclic) bond motifs is 1. The van der Waals surface area contributed by atoms with Gasteiger partial charge in [-0.1, -0.05) is 63.2 Å². The molecule has 37 heavy (non-hydrogen) atoms. The summed E-state index contributed by atoms with van der Waals surface area (Å²) < 4.78 is 8.08. The average Bonchev–Trinajstić information content (AvgIpc) is 3.22. The van der Waals surface area contributed by atoms with Crippen LogP contribution in [0, 0.1) is 0 Å². The molecule has 4 nitrogen and oxygen atoms in total. The monoisotopic (exact) mass is 538 g/mol. The number of rotatable bonds is 5. The highest BCUT2D eigenvalue weighted by molar-refractivity contribution is 5.92. The second kappa shape index (κ2) is 12.2. The number of carbonyl (C=O) groups is 1. The number of carbonyl (C=O) groups excluding carboxylic acids is 1. The molecule has 1 fully saturated rings. The molecule has 1 aromatic heterocycles. The fourth-order valence-corrected chi connectivity index (χ4v) is 5.00. The lowest BCUT2D eigenvalue weighted by atomic mass is 9.87. The van der Waals surface area contributed by atoms with Gasteiger partial charge in [-0.3, -0.25) is 0 Å². The number of hydrogen-bond acceptors (Lipinski definition) is 3. The van der Waals surface area contributed by atoms with Gasteiger partial charge < -0.3 is 14.6 Å². The van der Waals surface area contributed by atoms with Crippen LogP contribution in [0.25, 0.3) is 10.9 Å². The quantitative estimate of drug-likeness (QED) is 0.211. The lowest BCUT2D eigenvalue weighted by molar-refractivity contribution is 0.0735. The molecule has 0 amide bonds. The summed E-state index contributed by atoms with van der Waals surface area (Å²) in [4.78, 5) is 12.7. The first kappa shape index (κ1) is 28.8. The maximum absolute atomic E-state index is 12.7. The van der Waals surface area contributed by atoms with Crippen molar-refractivity contribution in [3.63, 3.8) is 0 Å². The molecular weight excluding hydrogens is 503 g/mol. The molecule has 5 rings (SSSR count). The third kappa shape index (κ3) is 6.56. The van der Waals surface area contributed by atoms with Gasteiger partial charge in [-0.05, 0) is 78.2 Å². The van der Waals surface area contributed by atoms with E-state index in [2.05, 4.69) is 67.2 Å². The molecule has 3 aromatic carbocycles. The van der Waals surface area contributed by atoms with Crippen molar-refractivity contribution in [3.8, 4) is 5.75 Å². The van der Waals surface area contributed by atoms with Crippen LogP contribution < -0.4 is 10.1 Å². The Morgan fingerprint density at radius 3 is 2.27 bits per heavy atom. The van der Waals surface area contributed by atoms with E-state index < -0.39 is 0 Å². The van der Waals surface area contributed by atoms with Crippen LogP contribution in [0.5, 0.6) is 5.75 Å². The summed E-state index contributed by atoms with van der Waals surface area (Å²) in [5.74, 6) is 0.783. The average molecular weight is 540 g/mol. The number of benzene rings is 3. The van der Waals surface area contributed by atoms with E-state index in [-0.39, 0.29) is 36.2 Å². The van der Waals surface area contributed by atoms with Crippen molar-refractivity contribution in [2.75, 3.05) is 13.1 Å². The minimum atomic E-state index is -0.334. The molecule has 196 valence electrons. The van der Waals surface area contributed by atoms with Crippen molar-refractivity contribution in [1.29, 1.82) is 0 Å².